The van der Waals surface area contributed by atoms with E-state index in [9.17, 15) is 4.79 Å². The van der Waals surface area contributed by atoms with Gasteiger partial charge in [0.05, 0.1) is 5.92 Å². The summed E-state index contributed by atoms with van der Waals surface area (Å²) in [6.07, 6.45) is 0. The Balaban J connectivity index is 2.62. The summed E-state index contributed by atoms with van der Waals surface area (Å²) < 4.78 is 0. The van der Waals surface area contributed by atoms with E-state index >= 15 is 0 Å². The van der Waals surface area contributed by atoms with Gasteiger partial charge in [-0.05, 0) is 40.4 Å². The third-order valence-corrected chi connectivity index (χ3v) is 3.62. The Morgan fingerprint density at radius 2 is 2.06 bits per heavy atom. The smallest absolute Gasteiger partial charge is 0.227 e. The average Bonchev–Trinajstić information content (AvgIpc) is 2.64. The predicted octanol–water partition coefficient (Wildman–Crippen LogP) is 0.641. The van der Waals surface area contributed by atoms with Gasteiger partial charge in [0.25, 0.3) is 0 Å². The number of carbonyl (C=O) groups excluding carboxylic acids is 1. The van der Waals surface area contributed by atoms with Gasteiger partial charge in [0.1, 0.15) is 0 Å². The van der Waals surface area contributed by atoms with E-state index in [0.29, 0.717) is 11.8 Å². The van der Waals surface area contributed by atoms with Crippen molar-refractivity contribution < 1.29 is 4.79 Å². The number of rotatable bonds is 5. The Hall–Kier alpha value is -0.610. The van der Waals surface area contributed by atoms with Gasteiger partial charge in [-0.3, -0.25) is 4.79 Å². The second-order valence-electron chi connectivity index (χ2n) is 5.48. The van der Waals surface area contributed by atoms with Gasteiger partial charge in [-0.2, -0.15) is 0 Å². The van der Waals surface area contributed by atoms with Crippen LogP contribution in [0.5, 0.6) is 0 Å². The highest BCUT2D eigenvalue weighted by molar-refractivity contribution is 5.80. The van der Waals surface area contributed by atoms with Crippen molar-refractivity contribution in [3.05, 3.63) is 0 Å². The highest BCUT2D eigenvalue weighted by atomic mass is 16.2. The van der Waals surface area contributed by atoms with Crippen molar-refractivity contribution in [1.82, 2.24) is 15.1 Å². The van der Waals surface area contributed by atoms with E-state index in [2.05, 4.69) is 45.1 Å². The second kappa shape index (κ2) is 6.36. The summed E-state index contributed by atoms with van der Waals surface area (Å²) in [5, 5.41) is 3.30. The van der Waals surface area contributed by atoms with Crippen molar-refractivity contribution in [3.63, 3.8) is 0 Å². The molecule has 4 heteroatoms. The maximum Gasteiger partial charge on any atom is 0.227 e. The van der Waals surface area contributed by atoms with Crippen molar-refractivity contribution in [3.8, 4) is 0 Å². The molecular weight excluding hydrogens is 214 g/mol. The Kier molecular flexibility index (Phi) is 5.40. The van der Waals surface area contributed by atoms with Crippen molar-refractivity contribution >= 4 is 5.91 Å². The molecule has 0 aromatic rings. The van der Waals surface area contributed by atoms with Crippen LogP contribution in [0.2, 0.25) is 0 Å². The predicted molar refractivity (Wildman–Crippen MR) is 70.9 cm³/mol. The quantitative estimate of drug-likeness (QED) is 0.767. The van der Waals surface area contributed by atoms with E-state index in [-0.39, 0.29) is 12.0 Å². The number of nitrogens with zero attached hydrogens (tertiary/aromatic N) is 2. The molecule has 0 aromatic heterocycles. The molecule has 1 aliphatic heterocycles. The van der Waals surface area contributed by atoms with Crippen LogP contribution in [0.3, 0.4) is 0 Å². The van der Waals surface area contributed by atoms with Crippen LogP contribution in [-0.4, -0.2) is 62.0 Å². The summed E-state index contributed by atoms with van der Waals surface area (Å²) >= 11 is 0. The van der Waals surface area contributed by atoms with E-state index in [1.54, 1.807) is 0 Å². The number of amides is 1. The lowest BCUT2D eigenvalue weighted by Crippen LogP contribution is -2.47. The monoisotopic (exact) mass is 241 g/mol. The number of likely N-dealkylation sites (N-methyl/N-ethyl adjacent to an activating group) is 2. The molecule has 1 aliphatic rings. The van der Waals surface area contributed by atoms with Crippen LogP contribution in [0.1, 0.15) is 20.8 Å². The molecule has 1 amide bonds. The van der Waals surface area contributed by atoms with Gasteiger partial charge in [-0.15, -0.1) is 0 Å². The molecule has 0 aliphatic carbocycles. The zero-order valence-corrected chi connectivity index (χ0v) is 11.9. The van der Waals surface area contributed by atoms with Crippen LogP contribution < -0.4 is 5.32 Å². The summed E-state index contributed by atoms with van der Waals surface area (Å²) in [6.45, 7) is 9.89. The van der Waals surface area contributed by atoms with Gasteiger partial charge in [0.15, 0.2) is 0 Å². The molecule has 1 fully saturated rings. The number of hydrogen-bond donors (Lipinski definition) is 1. The topological polar surface area (TPSA) is 35.6 Å². The molecule has 0 bridgehead atoms. The largest absolute Gasteiger partial charge is 0.339 e. The first-order valence-corrected chi connectivity index (χ1v) is 6.63. The van der Waals surface area contributed by atoms with Crippen LogP contribution in [0.25, 0.3) is 0 Å². The number of nitrogens with one attached hydrogen (secondary N) is 1. The first-order valence-electron chi connectivity index (χ1n) is 6.63. The first kappa shape index (κ1) is 14.5. The van der Waals surface area contributed by atoms with E-state index in [1.807, 2.05) is 4.90 Å². The van der Waals surface area contributed by atoms with Crippen LogP contribution in [0.15, 0.2) is 0 Å². The molecule has 0 spiro atoms. The zero-order valence-electron chi connectivity index (χ0n) is 11.9. The van der Waals surface area contributed by atoms with Gasteiger partial charge in [-0.25, -0.2) is 0 Å². The minimum atomic E-state index is 0.166. The molecular formula is C13H27N3O. The van der Waals surface area contributed by atoms with Crippen LogP contribution >= 0.6 is 0 Å². The zero-order chi connectivity index (χ0) is 13.0. The highest BCUT2D eigenvalue weighted by Crippen LogP contribution is 2.19. The summed E-state index contributed by atoms with van der Waals surface area (Å²) in [7, 11) is 4.10. The van der Waals surface area contributed by atoms with Gasteiger partial charge in [0.2, 0.25) is 5.91 Å². The van der Waals surface area contributed by atoms with Crippen LogP contribution in [0.4, 0.5) is 0 Å². The fraction of sp³-hybridized carbons (Fsp3) is 0.923. The Morgan fingerprint density at radius 1 is 1.41 bits per heavy atom. The fourth-order valence-electron chi connectivity index (χ4n) is 2.67. The lowest BCUT2D eigenvalue weighted by molar-refractivity contribution is -0.138. The highest BCUT2D eigenvalue weighted by Gasteiger charge is 2.33. The standard InChI is InChI=1S/C13H27N3O/c1-6-16(11(3)9-15(4)5)13(17)12-8-14-7-10(12)2/h10-12,14H,6-9H2,1-5H3/t10-,11?,12-/m1/s1. The molecule has 0 radical (unpaired) electrons. The van der Waals surface area contributed by atoms with Crippen molar-refractivity contribution in [2.75, 3.05) is 40.3 Å². The van der Waals surface area contributed by atoms with E-state index in [1.165, 1.54) is 0 Å². The maximum absolute atomic E-state index is 12.5. The molecule has 1 saturated heterocycles. The average molecular weight is 241 g/mol. The first-order chi connectivity index (χ1) is 7.97. The SMILES string of the molecule is CCN(C(=O)[C@@H]1CNC[C@H]1C)C(C)CN(C)C. The molecule has 3 atom stereocenters. The minimum absolute atomic E-state index is 0.166. The molecule has 1 rings (SSSR count). The molecule has 0 saturated carbocycles. The van der Waals surface area contributed by atoms with Crippen molar-refractivity contribution in [2.45, 2.75) is 26.8 Å². The van der Waals surface area contributed by atoms with Gasteiger partial charge >= 0.3 is 0 Å². The number of hydrogen-bond acceptors (Lipinski definition) is 3. The molecule has 100 valence electrons. The Labute approximate surface area is 105 Å². The molecule has 0 aromatic carbocycles. The third-order valence-electron chi connectivity index (χ3n) is 3.62. The molecule has 17 heavy (non-hydrogen) atoms. The Morgan fingerprint density at radius 3 is 2.47 bits per heavy atom. The van der Waals surface area contributed by atoms with Crippen molar-refractivity contribution in [2.24, 2.45) is 11.8 Å². The summed E-state index contributed by atoms with van der Waals surface area (Å²) in [6, 6.07) is 0.287. The second-order valence-corrected chi connectivity index (χ2v) is 5.48. The lowest BCUT2D eigenvalue weighted by atomic mass is 9.96. The van der Waals surface area contributed by atoms with Crippen LogP contribution in [0, 0.1) is 11.8 Å². The maximum atomic E-state index is 12.5. The van der Waals surface area contributed by atoms with Crippen molar-refractivity contribution in [1.29, 1.82) is 0 Å². The number of carbonyl (C=O) groups is 1. The third kappa shape index (κ3) is 3.68. The van der Waals surface area contributed by atoms with Gasteiger partial charge in [-0.1, -0.05) is 6.92 Å². The summed E-state index contributed by atoms with van der Waals surface area (Å²) in [4.78, 5) is 16.6. The van der Waals surface area contributed by atoms with Gasteiger partial charge in [0, 0.05) is 25.7 Å². The summed E-state index contributed by atoms with van der Waals surface area (Å²) in [5.41, 5.74) is 0. The molecule has 1 heterocycles. The molecule has 1 N–H and O–H groups in total. The lowest BCUT2D eigenvalue weighted by Gasteiger charge is -2.33. The minimum Gasteiger partial charge on any atom is -0.339 e. The summed E-state index contributed by atoms with van der Waals surface area (Å²) in [5.74, 6) is 0.946. The molecule has 1 unspecified atom stereocenters. The molecule has 4 nitrogen and oxygen atoms in total. The van der Waals surface area contributed by atoms with E-state index < -0.39 is 0 Å². The normalized spacial score (nSPS) is 26.2. The van der Waals surface area contributed by atoms with Crippen LogP contribution in [-0.2, 0) is 4.79 Å². The Bertz CT molecular complexity index is 255. The fourth-order valence-corrected chi connectivity index (χ4v) is 2.67. The van der Waals surface area contributed by atoms with E-state index in [0.717, 1.165) is 26.2 Å². The van der Waals surface area contributed by atoms with Gasteiger partial charge < -0.3 is 15.1 Å². The van der Waals surface area contributed by atoms with E-state index in [4.69, 9.17) is 0 Å².